The van der Waals surface area contributed by atoms with Crippen molar-refractivity contribution in [1.82, 2.24) is 5.43 Å². The molecule has 2 aromatic rings. The third-order valence-electron chi connectivity index (χ3n) is 3.27. The highest BCUT2D eigenvalue weighted by Gasteiger charge is 2.19. The van der Waals surface area contributed by atoms with Gasteiger partial charge in [0.1, 0.15) is 5.82 Å². The molecule has 27 heavy (non-hydrogen) atoms. The first kappa shape index (κ1) is 19.6. The minimum absolute atomic E-state index is 0.0579. The van der Waals surface area contributed by atoms with Crippen molar-refractivity contribution in [2.24, 2.45) is 5.10 Å². The summed E-state index contributed by atoms with van der Waals surface area (Å²) in [7, 11) is 0. The van der Waals surface area contributed by atoms with E-state index < -0.39 is 22.3 Å². The molecule has 10 heteroatoms. The van der Waals surface area contributed by atoms with Crippen LogP contribution in [0.25, 0.3) is 0 Å². The van der Waals surface area contributed by atoms with Crippen molar-refractivity contribution in [3.63, 3.8) is 0 Å². The van der Waals surface area contributed by atoms with Gasteiger partial charge in [0, 0.05) is 17.3 Å². The molecule has 3 N–H and O–H groups in total. The van der Waals surface area contributed by atoms with E-state index >= 15 is 0 Å². The maximum atomic E-state index is 12.8. The Morgan fingerprint density at radius 2 is 2.07 bits per heavy atom. The number of carbonyl (C=O) groups is 1. The van der Waals surface area contributed by atoms with Crippen LogP contribution in [0.2, 0.25) is 0 Å². The van der Waals surface area contributed by atoms with Crippen LogP contribution in [0.5, 0.6) is 11.5 Å². The number of nitrogens with zero attached hydrogens (tertiary/aromatic N) is 2. The van der Waals surface area contributed by atoms with Gasteiger partial charge in [0.25, 0.3) is 5.91 Å². The van der Waals surface area contributed by atoms with E-state index in [1.165, 1.54) is 36.5 Å². The number of rotatable bonds is 8. The van der Waals surface area contributed by atoms with E-state index in [2.05, 4.69) is 15.8 Å². The van der Waals surface area contributed by atoms with E-state index in [-0.39, 0.29) is 30.3 Å². The smallest absolute Gasteiger partial charge is 0.315 e. The largest absolute Gasteiger partial charge is 0.500 e. The van der Waals surface area contributed by atoms with E-state index in [1.54, 1.807) is 6.92 Å². The van der Waals surface area contributed by atoms with Crippen LogP contribution in [-0.2, 0) is 4.79 Å². The lowest BCUT2D eigenvalue weighted by molar-refractivity contribution is -0.386. The molecular formula is C17H17FN4O5. The number of nitro benzene ring substituents is 1. The molecule has 0 spiro atoms. The van der Waals surface area contributed by atoms with Crippen LogP contribution in [0.15, 0.2) is 41.5 Å². The molecule has 0 radical (unpaired) electrons. The third-order valence-corrected chi connectivity index (χ3v) is 3.27. The van der Waals surface area contributed by atoms with Gasteiger partial charge in [0.15, 0.2) is 5.75 Å². The number of carbonyl (C=O) groups excluding carboxylic acids is 1. The lowest BCUT2D eigenvalue weighted by Crippen LogP contribution is -2.25. The SMILES string of the molecule is CCOc1cc(/C=N\NC(=O)CNc2ccc(F)cc2)cc([N+](=O)[O-])c1O. The number of benzene rings is 2. The van der Waals surface area contributed by atoms with Gasteiger partial charge >= 0.3 is 5.69 Å². The summed E-state index contributed by atoms with van der Waals surface area (Å²) >= 11 is 0. The third kappa shape index (κ3) is 5.66. The fraction of sp³-hybridized carbons (Fsp3) is 0.176. The minimum atomic E-state index is -0.750. The molecule has 0 aliphatic carbocycles. The lowest BCUT2D eigenvalue weighted by Gasteiger charge is -2.07. The van der Waals surface area contributed by atoms with Gasteiger partial charge in [0.2, 0.25) is 5.75 Å². The number of hydrogen-bond acceptors (Lipinski definition) is 7. The van der Waals surface area contributed by atoms with E-state index in [0.717, 1.165) is 6.07 Å². The van der Waals surface area contributed by atoms with Crippen molar-refractivity contribution >= 4 is 23.5 Å². The van der Waals surface area contributed by atoms with Crippen molar-refractivity contribution in [2.75, 3.05) is 18.5 Å². The van der Waals surface area contributed by atoms with Gasteiger partial charge in [-0.3, -0.25) is 14.9 Å². The molecule has 2 rings (SSSR count). The van der Waals surface area contributed by atoms with Gasteiger partial charge in [-0.15, -0.1) is 0 Å². The van der Waals surface area contributed by atoms with Gasteiger partial charge < -0.3 is 15.2 Å². The van der Waals surface area contributed by atoms with E-state index in [9.17, 15) is 24.4 Å². The van der Waals surface area contributed by atoms with Crippen molar-refractivity contribution < 1.29 is 24.0 Å². The van der Waals surface area contributed by atoms with Gasteiger partial charge in [-0.05, 0) is 37.3 Å². The van der Waals surface area contributed by atoms with Crippen LogP contribution in [-0.4, -0.2) is 35.3 Å². The zero-order valence-electron chi connectivity index (χ0n) is 14.3. The number of anilines is 1. The maximum Gasteiger partial charge on any atom is 0.315 e. The highest BCUT2D eigenvalue weighted by Crippen LogP contribution is 2.36. The molecule has 0 saturated heterocycles. The van der Waals surface area contributed by atoms with Crippen molar-refractivity contribution in [3.05, 3.63) is 57.9 Å². The Morgan fingerprint density at radius 1 is 1.37 bits per heavy atom. The van der Waals surface area contributed by atoms with Crippen LogP contribution in [0.3, 0.4) is 0 Å². The topological polar surface area (TPSA) is 126 Å². The summed E-state index contributed by atoms with van der Waals surface area (Å²) in [6, 6.07) is 7.94. The normalized spacial score (nSPS) is 10.6. The summed E-state index contributed by atoms with van der Waals surface area (Å²) in [5, 5.41) is 27.3. The Morgan fingerprint density at radius 3 is 2.70 bits per heavy atom. The summed E-state index contributed by atoms with van der Waals surface area (Å²) in [6.45, 7) is 1.76. The zero-order valence-corrected chi connectivity index (χ0v) is 14.3. The molecule has 142 valence electrons. The van der Waals surface area contributed by atoms with Crippen LogP contribution in [0.1, 0.15) is 12.5 Å². The fourth-order valence-electron chi connectivity index (χ4n) is 2.06. The Hall–Kier alpha value is -3.69. The van der Waals surface area contributed by atoms with Crippen molar-refractivity contribution in [2.45, 2.75) is 6.92 Å². The summed E-state index contributed by atoms with van der Waals surface area (Å²) in [5.41, 5.74) is 2.53. The number of hydrazone groups is 1. The Balaban J connectivity index is 1.99. The number of nitro groups is 1. The summed E-state index contributed by atoms with van der Waals surface area (Å²) in [5.74, 6) is -1.50. The quantitative estimate of drug-likeness (QED) is 0.369. The average Bonchev–Trinajstić information content (AvgIpc) is 2.63. The van der Waals surface area contributed by atoms with Crippen molar-refractivity contribution in [1.29, 1.82) is 0 Å². The summed E-state index contributed by atoms with van der Waals surface area (Å²) in [4.78, 5) is 22.0. The summed E-state index contributed by atoms with van der Waals surface area (Å²) in [6.07, 6.45) is 1.19. The van der Waals surface area contributed by atoms with Crippen LogP contribution >= 0.6 is 0 Å². The molecule has 1 amide bonds. The molecule has 0 aromatic heterocycles. The average molecular weight is 376 g/mol. The number of aromatic hydroxyl groups is 1. The number of nitrogens with one attached hydrogen (secondary N) is 2. The number of phenols is 1. The predicted molar refractivity (Wildman–Crippen MR) is 96.6 cm³/mol. The number of ether oxygens (including phenoxy) is 1. The number of phenolic OH excluding ortho intramolecular Hbond substituents is 1. The molecule has 0 aliphatic rings. The first-order chi connectivity index (χ1) is 12.9. The molecule has 0 bridgehead atoms. The molecule has 0 saturated carbocycles. The molecule has 0 heterocycles. The van der Waals surface area contributed by atoms with Gasteiger partial charge in [-0.1, -0.05) is 0 Å². The van der Waals surface area contributed by atoms with Crippen LogP contribution in [0, 0.1) is 15.9 Å². The fourth-order valence-corrected chi connectivity index (χ4v) is 2.06. The minimum Gasteiger partial charge on any atom is -0.500 e. The number of amides is 1. The maximum absolute atomic E-state index is 12.8. The Bertz CT molecular complexity index is 855. The standard InChI is InChI=1S/C17H17FN4O5/c1-2-27-15-8-11(7-14(17(15)24)22(25)26)9-20-21-16(23)10-19-13-5-3-12(18)4-6-13/h3-9,19,24H,2,10H2,1H3,(H,21,23)/b20-9-. The van der Waals surface area contributed by atoms with Gasteiger partial charge in [0.05, 0.1) is 24.3 Å². The second-order valence-corrected chi connectivity index (χ2v) is 5.23. The molecule has 0 atom stereocenters. The highest BCUT2D eigenvalue weighted by molar-refractivity contribution is 5.86. The van der Waals surface area contributed by atoms with Gasteiger partial charge in [-0.25, -0.2) is 9.82 Å². The Kier molecular flexibility index (Phi) is 6.64. The number of hydrogen-bond donors (Lipinski definition) is 3. The lowest BCUT2D eigenvalue weighted by atomic mass is 10.2. The molecule has 0 fully saturated rings. The number of halogens is 1. The van der Waals surface area contributed by atoms with E-state index in [4.69, 9.17) is 4.74 Å². The van der Waals surface area contributed by atoms with Gasteiger partial charge in [-0.2, -0.15) is 5.10 Å². The highest BCUT2D eigenvalue weighted by atomic mass is 19.1. The van der Waals surface area contributed by atoms with Crippen LogP contribution in [0.4, 0.5) is 15.8 Å². The first-order valence-corrected chi connectivity index (χ1v) is 7.86. The molecular weight excluding hydrogens is 359 g/mol. The molecule has 0 unspecified atom stereocenters. The zero-order chi connectivity index (χ0) is 19.8. The monoisotopic (exact) mass is 376 g/mol. The molecule has 9 nitrogen and oxygen atoms in total. The van der Waals surface area contributed by atoms with Crippen molar-refractivity contribution in [3.8, 4) is 11.5 Å². The molecule has 0 aliphatic heterocycles. The predicted octanol–water partition coefficient (Wildman–Crippen LogP) is 2.40. The molecule has 2 aromatic carbocycles. The van der Waals surface area contributed by atoms with E-state index in [0.29, 0.717) is 5.69 Å². The second-order valence-electron chi connectivity index (χ2n) is 5.23. The second kappa shape index (κ2) is 9.13. The summed E-state index contributed by atoms with van der Waals surface area (Å²) < 4.78 is 18.0. The van der Waals surface area contributed by atoms with E-state index in [1.807, 2.05) is 0 Å². The Labute approximate surface area is 153 Å². The van der Waals surface area contributed by atoms with Crippen LogP contribution < -0.4 is 15.5 Å². The first-order valence-electron chi connectivity index (χ1n) is 7.86.